The van der Waals surface area contributed by atoms with Crippen LogP contribution in [0.25, 0.3) is 0 Å². The smallest absolute Gasteiger partial charge is 0.0613 e. The summed E-state index contributed by atoms with van der Waals surface area (Å²) in [6.07, 6.45) is 0.909. The van der Waals surface area contributed by atoms with E-state index in [4.69, 9.17) is 23.2 Å². The molecule has 1 nitrogen and oxygen atoms in total. The van der Waals surface area contributed by atoms with Crippen LogP contribution < -0.4 is 5.32 Å². The summed E-state index contributed by atoms with van der Waals surface area (Å²) in [6, 6.07) is 3.71. The number of aryl methyl sites for hydroxylation is 1. The molecule has 0 fully saturated rings. The third-order valence-corrected chi connectivity index (χ3v) is 2.60. The second-order valence-corrected chi connectivity index (χ2v) is 4.00. The molecular weight excluding hydrogens is 217 g/mol. The number of nitrogens with one attached hydrogen (secondary N) is 1. The molecule has 1 aromatic rings. The maximum atomic E-state index is 5.92. The van der Waals surface area contributed by atoms with Gasteiger partial charge in [0.25, 0.3) is 0 Å². The standard InChI is InChI=1S/C11H13Cl2N/c1-4-8-5-9(12)10(13)6-11(8)14-7(2)3/h5-6,14H,2,4H2,1,3H3. The fourth-order valence-electron chi connectivity index (χ4n) is 1.23. The van der Waals surface area contributed by atoms with Crippen molar-refractivity contribution < 1.29 is 0 Å². The van der Waals surface area contributed by atoms with Crippen LogP contribution in [0.15, 0.2) is 24.4 Å². The molecule has 0 aromatic heterocycles. The Morgan fingerprint density at radius 2 is 1.93 bits per heavy atom. The van der Waals surface area contributed by atoms with Crippen molar-refractivity contribution in [2.45, 2.75) is 20.3 Å². The molecule has 0 spiro atoms. The van der Waals surface area contributed by atoms with Crippen LogP contribution in [0.3, 0.4) is 0 Å². The van der Waals surface area contributed by atoms with E-state index in [1.54, 1.807) is 0 Å². The fourth-order valence-corrected chi connectivity index (χ4v) is 1.58. The molecular formula is C11H13Cl2N. The van der Waals surface area contributed by atoms with Crippen molar-refractivity contribution in [3.63, 3.8) is 0 Å². The molecule has 1 N–H and O–H groups in total. The average molecular weight is 230 g/mol. The summed E-state index contributed by atoms with van der Waals surface area (Å²) in [4.78, 5) is 0. The first-order valence-corrected chi connectivity index (χ1v) is 5.20. The van der Waals surface area contributed by atoms with Crippen LogP contribution in [-0.2, 0) is 6.42 Å². The molecule has 1 rings (SSSR count). The molecule has 1 aromatic carbocycles. The van der Waals surface area contributed by atoms with E-state index < -0.39 is 0 Å². The Balaban J connectivity index is 3.13. The van der Waals surface area contributed by atoms with Crippen LogP contribution in [0.2, 0.25) is 10.0 Å². The van der Waals surface area contributed by atoms with Gasteiger partial charge < -0.3 is 5.32 Å². The van der Waals surface area contributed by atoms with Gasteiger partial charge in [0.2, 0.25) is 0 Å². The number of benzene rings is 1. The van der Waals surface area contributed by atoms with Crippen molar-refractivity contribution in [2.24, 2.45) is 0 Å². The molecule has 0 aliphatic rings. The van der Waals surface area contributed by atoms with Crippen LogP contribution in [0.1, 0.15) is 19.4 Å². The van der Waals surface area contributed by atoms with E-state index in [0.717, 1.165) is 23.4 Å². The predicted octanol–water partition coefficient (Wildman–Crippen LogP) is 4.50. The van der Waals surface area contributed by atoms with E-state index in [2.05, 4.69) is 18.8 Å². The Morgan fingerprint density at radius 3 is 2.43 bits per heavy atom. The van der Waals surface area contributed by atoms with Gasteiger partial charge in [0.1, 0.15) is 0 Å². The van der Waals surface area contributed by atoms with Crippen LogP contribution in [-0.4, -0.2) is 0 Å². The summed E-state index contributed by atoms with van der Waals surface area (Å²) in [5.41, 5.74) is 3.01. The molecule has 0 heterocycles. The lowest BCUT2D eigenvalue weighted by Gasteiger charge is -2.11. The number of hydrogen-bond acceptors (Lipinski definition) is 1. The van der Waals surface area contributed by atoms with Crippen molar-refractivity contribution in [1.82, 2.24) is 0 Å². The summed E-state index contributed by atoms with van der Waals surface area (Å²) < 4.78 is 0. The van der Waals surface area contributed by atoms with Gasteiger partial charge in [-0.15, -0.1) is 0 Å². The minimum Gasteiger partial charge on any atom is -0.359 e. The second-order valence-electron chi connectivity index (χ2n) is 3.18. The largest absolute Gasteiger partial charge is 0.359 e. The van der Waals surface area contributed by atoms with Crippen LogP contribution in [0.5, 0.6) is 0 Å². The first-order chi connectivity index (χ1) is 6.54. The fraction of sp³-hybridized carbons (Fsp3) is 0.273. The van der Waals surface area contributed by atoms with Crippen molar-refractivity contribution in [2.75, 3.05) is 5.32 Å². The van der Waals surface area contributed by atoms with Crippen molar-refractivity contribution >= 4 is 28.9 Å². The highest BCUT2D eigenvalue weighted by Crippen LogP contribution is 2.29. The summed E-state index contributed by atoms with van der Waals surface area (Å²) in [5.74, 6) is 0. The maximum Gasteiger partial charge on any atom is 0.0613 e. The third kappa shape index (κ3) is 2.66. The van der Waals surface area contributed by atoms with Gasteiger partial charge in [0.05, 0.1) is 10.0 Å². The maximum absolute atomic E-state index is 5.92. The third-order valence-electron chi connectivity index (χ3n) is 1.88. The highest BCUT2D eigenvalue weighted by atomic mass is 35.5. The van der Waals surface area contributed by atoms with Gasteiger partial charge in [-0.2, -0.15) is 0 Å². The molecule has 3 heteroatoms. The molecule has 0 aliphatic carbocycles. The van der Waals surface area contributed by atoms with Gasteiger partial charge >= 0.3 is 0 Å². The topological polar surface area (TPSA) is 12.0 Å². The number of halogens is 2. The number of rotatable bonds is 3. The molecule has 0 unspecified atom stereocenters. The Morgan fingerprint density at radius 1 is 1.36 bits per heavy atom. The van der Waals surface area contributed by atoms with Crippen molar-refractivity contribution in [3.05, 3.63) is 40.0 Å². The Hall–Kier alpha value is -0.660. The van der Waals surface area contributed by atoms with E-state index in [1.807, 2.05) is 19.1 Å². The molecule has 0 aliphatic heterocycles. The van der Waals surface area contributed by atoms with E-state index >= 15 is 0 Å². The first kappa shape index (κ1) is 11.4. The quantitative estimate of drug-likeness (QED) is 0.805. The molecule has 0 saturated heterocycles. The van der Waals surface area contributed by atoms with Gasteiger partial charge in [0, 0.05) is 11.4 Å². The van der Waals surface area contributed by atoms with Gasteiger partial charge in [0.15, 0.2) is 0 Å². The number of hydrogen-bond donors (Lipinski definition) is 1. The summed E-state index contributed by atoms with van der Waals surface area (Å²) in [5, 5.41) is 4.31. The number of allylic oxidation sites excluding steroid dienone is 1. The van der Waals surface area contributed by atoms with Crippen LogP contribution >= 0.6 is 23.2 Å². The van der Waals surface area contributed by atoms with Crippen molar-refractivity contribution in [3.8, 4) is 0 Å². The normalized spacial score (nSPS) is 10.0. The van der Waals surface area contributed by atoms with Crippen LogP contribution in [0.4, 0.5) is 5.69 Å². The molecule has 0 bridgehead atoms. The highest BCUT2D eigenvalue weighted by Gasteiger charge is 2.05. The lowest BCUT2D eigenvalue weighted by molar-refractivity contribution is 1.14. The molecule has 76 valence electrons. The highest BCUT2D eigenvalue weighted by molar-refractivity contribution is 6.42. The minimum atomic E-state index is 0.563. The van der Waals surface area contributed by atoms with Gasteiger partial charge in [-0.1, -0.05) is 36.7 Å². The molecule has 14 heavy (non-hydrogen) atoms. The lowest BCUT2D eigenvalue weighted by Crippen LogP contribution is -1.98. The lowest BCUT2D eigenvalue weighted by atomic mass is 10.1. The zero-order chi connectivity index (χ0) is 10.7. The van der Waals surface area contributed by atoms with Crippen molar-refractivity contribution in [1.29, 1.82) is 0 Å². The molecule has 0 radical (unpaired) electrons. The van der Waals surface area contributed by atoms with Gasteiger partial charge in [-0.05, 0) is 31.0 Å². The van der Waals surface area contributed by atoms with E-state index in [0.29, 0.717) is 10.0 Å². The zero-order valence-electron chi connectivity index (χ0n) is 8.32. The number of anilines is 1. The Kier molecular flexibility index (Phi) is 3.85. The van der Waals surface area contributed by atoms with E-state index in [1.165, 1.54) is 0 Å². The van der Waals surface area contributed by atoms with Gasteiger partial charge in [-0.25, -0.2) is 0 Å². The monoisotopic (exact) mass is 229 g/mol. The average Bonchev–Trinajstić information content (AvgIpc) is 2.10. The summed E-state index contributed by atoms with van der Waals surface area (Å²) in [7, 11) is 0. The van der Waals surface area contributed by atoms with E-state index in [9.17, 15) is 0 Å². The summed E-state index contributed by atoms with van der Waals surface area (Å²) >= 11 is 11.8. The summed E-state index contributed by atoms with van der Waals surface area (Å²) in [6.45, 7) is 7.77. The second kappa shape index (κ2) is 4.72. The van der Waals surface area contributed by atoms with Gasteiger partial charge in [-0.3, -0.25) is 0 Å². The van der Waals surface area contributed by atoms with E-state index in [-0.39, 0.29) is 0 Å². The molecule has 0 amide bonds. The SMILES string of the molecule is C=C(C)Nc1cc(Cl)c(Cl)cc1CC. The zero-order valence-corrected chi connectivity index (χ0v) is 9.84. The Bertz CT molecular complexity index is 359. The van der Waals surface area contributed by atoms with Crippen LogP contribution in [0, 0.1) is 0 Å². The Labute approximate surface area is 94.7 Å². The molecule has 0 saturated carbocycles. The molecule has 0 atom stereocenters. The predicted molar refractivity (Wildman–Crippen MR) is 64.3 cm³/mol. The minimum absolute atomic E-state index is 0.563. The first-order valence-electron chi connectivity index (χ1n) is 4.45.